The van der Waals surface area contributed by atoms with Crippen LogP contribution in [0.5, 0.6) is 0 Å². The van der Waals surface area contributed by atoms with E-state index in [1.54, 1.807) is 36.4 Å². The van der Waals surface area contributed by atoms with Gasteiger partial charge in [0, 0.05) is 26.7 Å². The molecule has 24 heavy (non-hydrogen) atoms. The number of halogens is 1. The number of rotatable bonds is 1. The van der Waals surface area contributed by atoms with Gasteiger partial charge in [0.15, 0.2) is 5.78 Å². The zero-order valence-electron chi connectivity index (χ0n) is 12.2. The van der Waals surface area contributed by atoms with Gasteiger partial charge in [-0.2, -0.15) is 0 Å². The number of carbonyl (C=O) groups is 3. The van der Waals surface area contributed by atoms with Gasteiger partial charge in [0.1, 0.15) is 5.76 Å². The lowest BCUT2D eigenvalue weighted by Gasteiger charge is -2.17. The number of hydrogen-bond acceptors (Lipinski definition) is 4. The third kappa shape index (κ3) is 1.95. The molecule has 2 aromatic rings. The molecule has 2 aromatic carbocycles. The summed E-state index contributed by atoms with van der Waals surface area (Å²) >= 11 is 3.33. The Balaban J connectivity index is 1.99. The number of fused-ring (bicyclic) bond motifs is 2. The summed E-state index contributed by atoms with van der Waals surface area (Å²) < 4.78 is 0.706. The number of hydrogen-bond donors (Lipinski definition) is 1. The summed E-state index contributed by atoms with van der Waals surface area (Å²) in [7, 11) is 0. The van der Waals surface area contributed by atoms with E-state index < -0.39 is 11.6 Å². The van der Waals surface area contributed by atoms with Crippen molar-refractivity contribution in [2.75, 3.05) is 0 Å². The molecular formula is C19H9BrO4. The molecule has 0 saturated heterocycles. The smallest absolute Gasteiger partial charge is 0.233 e. The van der Waals surface area contributed by atoms with E-state index in [4.69, 9.17) is 0 Å². The molecule has 2 aliphatic rings. The van der Waals surface area contributed by atoms with Gasteiger partial charge in [0.05, 0.1) is 5.57 Å². The predicted octanol–water partition coefficient (Wildman–Crippen LogP) is 3.76. The van der Waals surface area contributed by atoms with Crippen molar-refractivity contribution in [3.8, 4) is 0 Å². The van der Waals surface area contributed by atoms with Crippen LogP contribution in [0.3, 0.4) is 0 Å². The van der Waals surface area contributed by atoms with Crippen molar-refractivity contribution < 1.29 is 19.5 Å². The molecule has 0 amide bonds. The van der Waals surface area contributed by atoms with Crippen LogP contribution < -0.4 is 0 Å². The lowest BCUT2D eigenvalue weighted by atomic mass is 9.84. The lowest BCUT2D eigenvalue weighted by molar-refractivity contribution is -0.111. The first kappa shape index (κ1) is 14.8. The molecule has 5 heteroatoms. The number of allylic oxidation sites excluding steroid dienone is 3. The third-order valence-electron chi connectivity index (χ3n) is 4.18. The van der Waals surface area contributed by atoms with Gasteiger partial charge in [-0.15, -0.1) is 0 Å². The van der Waals surface area contributed by atoms with Crippen LogP contribution in [0.15, 0.2) is 58.6 Å². The highest BCUT2D eigenvalue weighted by Crippen LogP contribution is 2.41. The first-order chi connectivity index (χ1) is 11.5. The molecule has 0 spiro atoms. The minimum Gasteiger partial charge on any atom is -0.507 e. The third-order valence-corrected chi connectivity index (χ3v) is 4.67. The zero-order valence-corrected chi connectivity index (χ0v) is 13.8. The molecule has 0 saturated carbocycles. The van der Waals surface area contributed by atoms with E-state index in [2.05, 4.69) is 15.9 Å². The van der Waals surface area contributed by atoms with Crippen LogP contribution in [0.1, 0.15) is 31.8 Å². The van der Waals surface area contributed by atoms with Crippen molar-refractivity contribution in [1.29, 1.82) is 0 Å². The first-order valence-corrected chi connectivity index (χ1v) is 7.96. The van der Waals surface area contributed by atoms with Crippen LogP contribution >= 0.6 is 15.9 Å². The topological polar surface area (TPSA) is 71.4 Å². The molecule has 116 valence electrons. The summed E-state index contributed by atoms with van der Waals surface area (Å²) in [6.45, 7) is 0. The lowest BCUT2D eigenvalue weighted by Crippen LogP contribution is -2.20. The van der Waals surface area contributed by atoms with E-state index in [0.717, 1.165) is 6.08 Å². The fraction of sp³-hybridized carbons (Fsp3) is 0. The van der Waals surface area contributed by atoms with Crippen molar-refractivity contribution in [3.05, 3.63) is 80.8 Å². The van der Waals surface area contributed by atoms with Crippen molar-refractivity contribution in [2.24, 2.45) is 0 Å². The van der Waals surface area contributed by atoms with Gasteiger partial charge >= 0.3 is 0 Å². The molecule has 0 aliphatic heterocycles. The van der Waals surface area contributed by atoms with Gasteiger partial charge in [-0.3, -0.25) is 14.4 Å². The SMILES string of the molecule is O=C1C=C(C2=C(O)c3ccccc3C2=O)c2cc(Br)ccc2C1=O. The van der Waals surface area contributed by atoms with Crippen LogP contribution in [-0.4, -0.2) is 22.5 Å². The Morgan fingerprint density at radius 3 is 2.17 bits per heavy atom. The van der Waals surface area contributed by atoms with Crippen molar-refractivity contribution in [3.63, 3.8) is 0 Å². The molecule has 0 unspecified atom stereocenters. The second-order valence-corrected chi connectivity index (χ2v) is 6.46. The predicted molar refractivity (Wildman–Crippen MR) is 91.8 cm³/mol. The van der Waals surface area contributed by atoms with E-state index in [1.165, 1.54) is 6.07 Å². The van der Waals surface area contributed by atoms with Gasteiger partial charge < -0.3 is 5.11 Å². The molecule has 0 atom stereocenters. The van der Waals surface area contributed by atoms with Crippen LogP contribution in [0.4, 0.5) is 0 Å². The van der Waals surface area contributed by atoms with Crippen molar-refractivity contribution in [1.82, 2.24) is 0 Å². The standard InChI is InChI=1S/C19H9BrO4/c20-9-5-6-12-13(7-9)14(8-15(21)17(12)22)16-18(23)10-3-1-2-4-11(10)19(16)24/h1-8,23H. The Bertz CT molecular complexity index is 1030. The fourth-order valence-electron chi connectivity index (χ4n) is 3.07. The van der Waals surface area contributed by atoms with Crippen LogP contribution in [0, 0.1) is 0 Å². The number of aliphatic hydroxyl groups excluding tert-OH is 1. The maximum absolute atomic E-state index is 12.7. The van der Waals surface area contributed by atoms with E-state index in [-0.39, 0.29) is 28.3 Å². The molecule has 0 radical (unpaired) electrons. The Kier molecular flexibility index (Phi) is 3.15. The summed E-state index contributed by atoms with van der Waals surface area (Å²) in [4.78, 5) is 36.9. The molecule has 0 aromatic heterocycles. The largest absolute Gasteiger partial charge is 0.507 e. The Hall–Kier alpha value is -2.79. The van der Waals surface area contributed by atoms with Gasteiger partial charge in [0.25, 0.3) is 0 Å². The highest BCUT2D eigenvalue weighted by atomic mass is 79.9. The Morgan fingerprint density at radius 2 is 1.46 bits per heavy atom. The molecule has 0 fully saturated rings. The summed E-state index contributed by atoms with van der Waals surface area (Å²) in [5.41, 5.74) is 1.82. The van der Waals surface area contributed by atoms with Crippen LogP contribution in [0.25, 0.3) is 11.3 Å². The fourth-order valence-corrected chi connectivity index (χ4v) is 3.43. The van der Waals surface area contributed by atoms with Crippen molar-refractivity contribution >= 4 is 44.6 Å². The van der Waals surface area contributed by atoms with Gasteiger partial charge in [0.2, 0.25) is 11.6 Å². The molecule has 4 rings (SSSR count). The minimum atomic E-state index is -0.705. The zero-order chi connectivity index (χ0) is 17.0. The maximum atomic E-state index is 12.7. The molecule has 0 heterocycles. The van der Waals surface area contributed by atoms with E-state index in [1.807, 2.05) is 0 Å². The minimum absolute atomic E-state index is 0.0522. The maximum Gasteiger partial charge on any atom is 0.233 e. The van der Waals surface area contributed by atoms with Gasteiger partial charge in [-0.05, 0) is 29.8 Å². The van der Waals surface area contributed by atoms with E-state index in [9.17, 15) is 19.5 Å². The Labute approximate surface area is 145 Å². The van der Waals surface area contributed by atoms with E-state index >= 15 is 0 Å². The summed E-state index contributed by atoms with van der Waals surface area (Å²) in [5, 5.41) is 10.5. The second kappa shape index (κ2) is 5.11. The number of carbonyl (C=O) groups excluding carboxylic acids is 3. The Morgan fingerprint density at radius 1 is 0.792 bits per heavy atom. The van der Waals surface area contributed by atoms with Gasteiger partial charge in [-0.25, -0.2) is 0 Å². The highest BCUT2D eigenvalue weighted by Gasteiger charge is 2.36. The second-order valence-electron chi connectivity index (χ2n) is 5.54. The summed E-state index contributed by atoms with van der Waals surface area (Å²) in [6, 6.07) is 11.6. The number of aliphatic hydroxyl groups is 1. The summed E-state index contributed by atoms with van der Waals surface area (Å²) in [6.07, 6.45) is 1.13. The average molecular weight is 381 g/mol. The number of Topliss-reactive ketones (excluding diaryl/α,β-unsaturated/α-hetero) is 2. The molecule has 1 N–H and O–H groups in total. The van der Waals surface area contributed by atoms with Gasteiger partial charge in [-0.1, -0.05) is 40.2 Å². The normalized spacial score (nSPS) is 16.2. The van der Waals surface area contributed by atoms with E-state index in [0.29, 0.717) is 21.2 Å². The summed E-state index contributed by atoms with van der Waals surface area (Å²) in [5.74, 6) is -1.86. The quantitative estimate of drug-likeness (QED) is 0.764. The molecule has 4 nitrogen and oxygen atoms in total. The van der Waals surface area contributed by atoms with Crippen LogP contribution in [0.2, 0.25) is 0 Å². The van der Waals surface area contributed by atoms with Crippen molar-refractivity contribution in [2.45, 2.75) is 0 Å². The number of ketones is 3. The van der Waals surface area contributed by atoms with Crippen LogP contribution in [-0.2, 0) is 4.79 Å². The monoisotopic (exact) mass is 380 g/mol. The number of benzene rings is 2. The molecule has 2 aliphatic carbocycles. The first-order valence-electron chi connectivity index (χ1n) is 7.17. The highest BCUT2D eigenvalue weighted by molar-refractivity contribution is 9.10. The average Bonchev–Trinajstić information content (AvgIpc) is 2.83. The molecule has 0 bridgehead atoms. The molecular weight excluding hydrogens is 372 g/mol.